The zero-order valence-corrected chi connectivity index (χ0v) is 13.8. The summed E-state index contributed by atoms with van der Waals surface area (Å²) in [6, 6.07) is -0.0215. The van der Waals surface area contributed by atoms with Crippen molar-refractivity contribution >= 4 is 11.8 Å². The average molecular weight is 319 g/mol. The van der Waals surface area contributed by atoms with E-state index >= 15 is 0 Å². The number of nitrogens with one attached hydrogen (secondary N) is 1. The van der Waals surface area contributed by atoms with Crippen molar-refractivity contribution in [1.82, 2.24) is 9.78 Å². The van der Waals surface area contributed by atoms with Crippen LogP contribution in [0.4, 0.5) is 10.2 Å². The highest BCUT2D eigenvalue weighted by Gasteiger charge is 2.36. The molecule has 2 N–H and O–H groups in total. The molecule has 23 heavy (non-hydrogen) atoms. The van der Waals surface area contributed by atoms with Crippen LogP contribution in [0.2, 0.25) is 0 Å². The maximum Gasteiger partial charge on any atom is 0.341 e. The molecule has 0 saturated carbocycles. The third kappa shape index (κ3) is 3.70. The Bertz CT molecular complexity index is 695. The fraction of sp³-hybridized carbons (Fsp3) is 0.412. The number of hydrogen-bond acceptors (Lipinski definition) is 3. The molecule has 0 aliphatic carbocycles. The molecule has 6 heteroatoms. The van der Waals surface area contributed by atoms with Crippen LogP contribution in [0.3, 0.4) is 0 Å². The first kappa shape index (κ1) is 17.0. The van der Waals surface area contributed by atoms with Crippen LogP contribution >= 0.6 is 0 Å². The van der Waals surface area contributed by atoms with Gasteiger partial charge in [0.1, 0.15) is 11.4 Å². The Morgan fingerprint density at radius 2 is 2.13 bits per heavy atom. The Hall–Kier alpha value is -2.37. The van der Waals surface area contributed by atoms with Crippen molar-refractivity contribution < 1.29 is 14.3 Å². The summed E-state index contributed by atoms with van der Waals surface area (Å²) < 4.78 is 14.3. The minimum atomic E-state index is -0.986. The molecule has 0 fully saturated rings. The molecule has 1 unspecified atom stereocenters. The summed E-state index contributed by atoms with van der Waals surface area (Å²) in [5.41, 5.74) is 0.413. The van der Waals surface area contributed by atoms with Gasteiger partial charge in [0.05, 0.1) is 17.1 Å². The molecule has 5 nitrogen and oxygen atoms in total. The third-order valence-corrected chi connectivity index (χ3v) is 3.78. The predicted molar refractivity (Wildman–Crippen MR) is 88.4 cm³/mol. The van der Waals surface area contributed by atoms with Crippen LogP contribution in [0.5, 0.6) is 0 Å². The molecule has 1 aliphatic rings. The van der Waals surface area contributed by atoms with Gasteiger partial charge >= 0.3 is 5.97 Å². The van der Waals surface area contributed by atoms with Crippen molar-refractivity contribution in [2.24, 2.45) is 0 Å². The van der Waals surface area contributed by atoms with Gasteiger partial charge in [0.15, 0.2) is 0 Å². The van der Waals surface area contributed by atoms with Crippen LogP contribution in [0.25, 0.3) is 0 Å². The van der Waals surface area contributed by atoms with E-state index in [0.29, 0.717) is 11.5 Å². The predicted octanol–water partition coefficient (Wildman–Crippen LogP) is 3.79. The fourth-order valence-electron chi connectivity index (χ4n) is 2.77. The number of allylic oxidation sites excluding steroid dienone is 5. The topological polar surface area (TPSA) is 67.2 Å². The summed E-state index contributed by atoms with van der Waals surface area (Å²) in [5, 5.41) is 17.0. The molecule has 2 heterocycles. The van der Waals surface area contributed by atoms with Gasteiger partial charge < -0.3 is 10.4 Å². The molecule has 0 spiro atoms. The minimum absolute atomic E-state index is 0.0215. The summed E-state index contributed by atoms with van der Waals surface area (Å²) in [5.74, 6) is -0.707. The van der Waals surface area contributed by atoms with Crippen molar-refractivity contribution in [2.75, 3.05) is 5.32 Å². The molecule has 2 rings (SSSR count). The highest BCUT2D eigenvalue weighted by atomic mass is 19.1. The van der Waals surface area contributed by atoms with Gasteiger partial charge in [-0.1, -0.05) is 24.3 Å². The van der Waals surface area contributed by atoms with Crippen LogP contribution in [0.1, 0.15) is 43.2 Å². The van der Waals surface area contributed by atoms with E-state index in [0.717, 1.165) is 6.42 Å². The smallest absolute Gasteiger partial charge is 0.341 e. The van der Waals surface area contributed by atoms with Gasteiger partial charge in [-0.15, -0.1) is 0 Å². The van der Waals surface area contributed by atoms with E-state index in [4.69, 9.17) is 0 Å². The first-order chi connectivity index (χ1) is 10.7. The van der Waals surface area contributed by atoms with E-state index in [9.17, 15) is 14.3 Å². The van der Waals surface area contributed by atoms with Crippen LogP contribution < -0.4 is 5.32 Å². The Balaban J connectivity index is 2.26. The second kappa shape index (κ2) is 6.40. The van der Waals surface area contributed by atoms with Gasteiger partial charge in [-0.05, 0) is 40.2 Å². The summed E-state index contributed by atoms with van der Waals surface area (Å²) in [6.07, 6.45) is 9.28. The number of nitrogens with zero attached hydrogens (tertiary/aromatic N) is 2. The van der Waals surface area contributed by atoms with Gasteiger partial charge in [0.2, 0.25) is 0 Å². The van der Waals surface area contributed by atoms with Gasteiger partial charge in [-0.3, -0.25) is 0 Å². The lowest BCUT2D eigenvalue weighted by Crippen LogP contribution is -2.41. The number of hydrogen-bond donors (Lipinski definition) is 2. The maximum atomic E-state index is 12.6. The van der Waals surface area contributed by atoms with Gasteiger partial charge in [-0.25, -0.2) is 13.9 Å². The number of carboxylic acid groups (broad SMARTS) is 1. The van der Waals surface area contributed by atoms with Gasteiger partial charge in [0, 0.05) is 6.04 Å². The zero-order chi connectivity index (χ0) is 17.2. The van der Waals surface area contributed by atoms with E-state index in [1.54, 1.807) is 23.8 Å². The molecular formula is C17H22FN3O2. The number of fused-ring (bicyclic) bond motifs is 1. The van der Waals surface area contributed by atoms with E-state index in [2.05, 4.69) is 10.4 Å². The molecule has 1 atom stereocenters. The van der Waals surface area contributed by atoms with E-state index in [1.165, 1.54) is 13.0 Å². The summed E-state index contributed by atoms with van der Waals surface area (Å²) in [6.45, 7) is 7.14. The summed E-state index contributed by atoms with van der Waals surface area (Å²) in [7, 11) is 0. The second-order valence-corrected chi connectivity index (χ2v) is 6.32. The molecule has 0 saturated heterocycles. The van der Waals surface area contributed by atoms with Crippen molar-refractivity contribution in [2.45, 2.75) is 45.7 Å². The molecule has 1 aliphatic heterocycles. The summed E-state index contributed by atoms with van der Waals surface area (Å²) in [4.78, 5) is 11.5. The molecule has 0 amide bonds. The number of aryl methyl sites for hydroxylation is 1. The second-order valence-electron chi connectivity index (χ2n) is 6.32. The minimum Gasteiger partial charge on any atom is -0.477 e. The van der Waals surface area contributed by atoms with Crippen LogP contribution in [-0.4, -0.2) is 26.9 Å². The Kier molecular flexibility index (Phi) is 4.73. The first-order valence-corrected chi connectivity index (χ1v) is 7.49. The molecule has 0 radical (unpaired) electrons. The quantitative estimate of drug-likeness (QED) is 0.829. The molecule has 0 bridgehead atoms. The van der Waals surface area contributed by atoms with Gasteiger partial charge in [-0.2, -0.15) is 5.10 Å². The number of carbonyl (C=O) groups is 1. The Morgan fingerprint density at radius 3 is 2.74 bits per heavy atom. The standard InChI is InChI=1S/C17H22FN3O2/c1-11(18)8-6-5-7-9-13-10-17(3,4)21-15(19-13)14(16(22)23)12(2)20-21/h5-9,13,19H,10H2,1-4H3,(H,22,23)/b6-5-,9-7+,11-8+. The first-order valence-electron chi connectivity index (χ1n) is 7.49. The third-order valence-electron chi connectivity index (χ3n) is 3.78. The highest BCUT2D eigenvalue weighted by molar-refractivity contribution is 5.95. The normalized spacial score (nSPS) is 20.7. The lowest BCUT2D eigenvalue weighted by Gasteiger charge is -2.36. The van der Waals surface area contributed by atoms with E-state index < -0.39 is 5.97 Å². The van der Waals surface area contributed by atoms with Crippen molar-refractivity contribution in [3.63, 3.8) is 0 Å². The van der Waals surface area contributed by atoms with E-state index in [1.807, 2.05) is 26.0 Å². The number of aromatic nitrogens is 2. The molecule has 1 aromatic rings. The maximum absolute atomic E-state index is 12.6. The van der Waals surface area contributed by atoms with Crippen molar-refractivity contribution in [3.8, 4) is 0 Å². The number of rotatable bonds is 4. The van der Waals surface area contributed by atoms with Crippen molar-refractivity contribution in [3.05, 3.63) is 47.5 Å². The zero-order valence-electron chi connectivity index (χ0n) is 13.8. The Morgan fingerprint density at radius 1 is 1.43 bits per heavy atom. The summed E-state index contributed by atoms with van der Waals surface area (Å²) >= 11 is 0. The number of anilines is 1. The Labute approximate surface area is 135 Å². The van der Waals surface area contributed by atoms with Crippen LogP contribution in [0.15, 0.2) is 36.2 Å². The molecule has 124 valence electrons. The average Bonchev–Trinajstić information content (AvgIpc) is 2.75. The highest BCUT2D eigenvalue weighted by Crippen LogP contribution is 2.35. The van der Waals surface area contributed by atoms with Crippen LogP contribution in [0, 0.1) is 6.92 Å². The largest absolute Gasteiger partial charge is 0.477 e. The lowest BCUT2D eigenvalue weighted by atomic mass is 9.92. The SMILES string of the molecule is C\C(F)=C/C=C\C=C\C1CC(C)(C)n2nc(C)c(C(=O)O)c2N1. The molecule has 0 aromatic carbocycles. The van der Waals surface area contributed by atoms with Crippen molar-refractivity contribution in [1.29, 1.82) is 0 Å². The number of aromatic carboxylic acids is 1. The van der Waals surface area contributed by atoms with Gasteiger partial charge in [0.25, 0.3) is 0 Å². The van der Waals surface area contributed by atoms with Crippen LogP contribution in [-0.2, 0) is 5.54 Å². The molecular weight excluding hydrogens is 297 g/mol. The molecule has 1 aromatic heterocycles. The fourth-order valence-corrected chi connectivity index (χ4v) is 2.77. The number of halogens is 1. The van der Waals surface area contributed by atoms with E-state index in [-0.39, 0.29) is 23.0 Å². The monoisotopic (exact) mass is 319 g/mol. The number of carboxylic acids is 1. The lowest BCUT2D eigenvalue weighted by molar-refractivity contribution is 0.0697.